The quantitative estimate of drug-likeness (QED) is 0.373. The van der Waals surface area contributed by atoms with E-state index in [2.05, 4.69) is 20.3 Å². The third-order valence-corrected chi connectivity index (χ3v) is 7.90. The number of carbonyl (C=O) groups is 1. The highest BCUT2D eigenvalue weighted by Gasteiger charge is 2.33. The lowest BCUT2D eigenvalue weighted by molar-refractivity contribution is -0.137. The number of amides is 1. The molecule has 1 aromatic heterocycles. The molecule has 0 aliphatic carbocycles. The number of halogens is 4. The summed E-state index contributed by atoms with van der Waals surface area (Å²) in [5.41, 5.74) is 0.135. The van der Waals surface area contributed by atoms with E-state index >= 15 is 0 Å². The number of sulfonamides is 1. The van der Waals surface area contributed by atoms with E-state index in [1.807, 2.05) is 0 Å². The number of hydrogen-bond donors (Lipinski definition) is 3. The minimum Gasteiger partial charge on any atom is -0.368 e. The van der Waals surface area contributed by atoms with Gasteiger partial charge in [0.05, 0.1) is 32.5 Å². The lowest BCUT2D eigenvalue weighted by Crippen LogP contribution is -2.35. The van der Waals surface area contributed by atoms with Gasteiger partial charge in [0.15, 0.2) is 5.13 Å². The molecule has 0 saturated carbocycles. The molecule has 4 rings (SSSR count). The van der Waals surface area contributed by atoms with Gasteiger partial charge in [-0.05, 0) is 42.8 Å². The number of nitrogens with zero attached hydrogens (tertiary/aromatic N) is 2. The molecule has 1 aliphatic heterocycles. The number of thiazole rings is 1. The van der Waals surface area contributed by atoms with Gasteiger partial charge in [0, 0.05) is 37.6 Å². The molecule has 192 valence electrons. The minimum atomic E-state index is -4.54. The number of anilines is 4. The number of carbonyl (C=O) groups excluding carboxylic acids is 1. The summed E-state index contributed by atoms with van der Waals surface area (Å²) in [5, 5.41) is 7.69. The fourth-order valence-corrected chi connectivity index (χ4v) is 5.92. The van der Waals surface area contributed by atoms with Gasteiger partial charge in [-0.2, -0.15) is 13.2 Å². The van der Waals surface area contributed by atoms with Crippen LogP contribution in [-0.2, 0) is 21.0 Å². The van der Waals surface area contributed by atoms with Crippen LogP contribution < -0.4 is 20.3 Å². The van der Waals surface area contributed by atoms with Crippen LogP contribution in [0.4, 0.5) is 35.4 Å². The Morgan fingerprint density at radius 3 is 2.58 bits per heavy atom. The molecule has 14 heteroatoms. The van der Waals surface area contributed by atoms with Crippen molar-refractivity contribution >= 4 is 61.1 Å². The van der Waals surface area contributed by atoms with Crippen LogP contribution in [0.2, 0.25) is 5.02 Å². The van der Waals surface area contributed by atoms with E-state index in [1.54, 1.807) is 10.3 Å². The molecule has 0 bridgehead atoms. The van der Waals surface area contributed by atoms with Crippen LogP contribution in [0.15, 0.2) is 52.9 Å². The van der Waals surface area contributed by atoms with Gasteiger partial charge in [0.2, 0.25) is 5.91 Å². The third kappa shape index (κ3) is 6.02. The van der Waals surface area contributed by atoms with E-state index in [4.69, 9.17) is 11.6 Å². The molecular formula is C22H21ClF3N5O3S2. The van der Waals surface area contributed by atoms with Gasteiger partial charge in [-0.3, -0.25) is 9.52 Å². The van der Waals surface area contributed by atoms with Gasteiger partial charge in [0.25, 0.3) is 10.0 Å². The van der Waals surface area contributed by atoms with Crippen LogP contribution in [0.5, 0.6) is 0 Å². The highest BCUT2D eigenvalue weighted by Crippen LogP contribution is 2.39. The zero-order chi connectivity index (χ0) is 26.1. The average molecular weight is 560 g/mol. The standard InChI is InChI=1S/C22H21ClF3N5O3S2/c1-13(32)28-15-6-8-31(12-15)20-10-14(22(24,25)26)2-4-19(20)29-18-5-3-16(11-17(18)23)36(33,34)30-21-27-7-9-35-21/h2-5,7,9-11,15,29H,6,8,12H2,1H3,(H,27,30)(H,28,32)/t15-/m1/s1. The molecule has 0 unspecified atom stereocenters. The largest absolute Gasteiger partial charge is 0.416 e. The third-order valence-electron chi connectivity index (χ3n) is 5.44. The predicted octanol–water partition coefficient (Wildman–Crippen LogP) is 5.07. The van der Waals surface area contributed by atoms with Crippen molar-refractivity contribution in [3.05, 3.63) is 58.6 Å². The van der Waals surface area contributed by atoms with E-state index in [9.17, 15) is 26.4 Å². The second-order valence-electron chi connectivity index (χ2n) is 8.07. The zero-order valence-corrected chi connectivity index (χ0v) is 21.2. The van der Waals surface area contributed by atoms with Crippen LogP contribution in [0.25, 0.3) is 0 Å². The maximum atomic E-state index is 13.4. The SMILES string of the molecule is CC(=O)N[C@@H]1CCN(c2cc(C(F)(F)F)ccc2Nc2ccc(S(=O)(=O)Nc3nccs3)cc2Cl)C1. The summed E-state index contributed by atoms with van der Waals surface area (Å²) < 4.78 is 67.9. The summed E-state index contributed by atoms with van der Waals surface area (Å²) in [6.07, 6.45) is -2.50. The maximum absolute atomic E-state index is 13.4. The first-order chi connectivity index (χ1) is 16.9. The van der Waals surface area contributed by atoms with Gasteiger partial charge >= 0.3 is 6.18 Å². The smallest absolute Gasteiger partial charge is 0.368 e. The van der Waals surface area contributed by atoms with E-state index in [1.165, 1.54) is 37.4 Å². The Labute approximate surface area is 214 Å². The second kappa shape index (κ2) is 10.1. The molecule has 1 saturated heterocycles. The first kappa shape index (κ1) is 26.0. The first-order valence-electron chi connectivity index (χ1n) is 10.6. The molecule has 3 N–H and O–H groups in total. The number of rotatable bonds is 7. The molecule has 1 atom stereocenters. The van der Waals surface area contributed by atoms with E-state index in [0.29, 0.717) is 30.9 Å². The molecule has 2 aromatic carbocycles. The van der Waals surface area contributed by atoms with Crippen molar-refractivity contribution in [2.24, 2.45) is 0 Å². The molecule has 1 fully saturated rings. The zero-order valence-electron chi connectivity index (χ0n) is 18.8. The van der Waals surface area contributed by atoms with Crippen LogP contribution in [0, 0.1) is 0 Å². The fraction of sp³-hybridized carbons (Fsp3) is 0.273. The monoisotopic (exact) mass is 559 g/mol. The molecule has 36 heavy (non-hydrogen) atoms. The number of benzene rings is 2. The van der Waals surface area contributed by atoms with E-state index < -0.39 is 21.8 Å². The van der Waals surface area contributed by atoms with Gasteiger partial charge in [-0.1, -0.05) is 11.6 Å². The number of nitrogens with one attached hydrogen (secondary N) is 3. The summed E-state index contributed by atoms with van der Waals surface area (Å²) in [5.74, 6) is -0.213. The Balaban J connectivity index is 1.62. The van der Waals surface area contributed by atoms with Crippen molar-refractivity contribution in [1.29, 1.82) is 0 Å². The summed E-state index contributed by atoms with van der Waals surface area (Å²) >= 11 is 7.47. The minimum absolute atomic E-state index is 0.0559. The van der Waals surface area contributed by atoms with E-state index in [0.717, 1.165) is 23.5 Å². The Morgan fingerprint density at radius 2 is 1.94 bits per heavy atom. The summed E-state index contributed by atoms with van der Waals surface area (Å²) in [7, 11) is -3.94. The Bertz CT molecular complexity index is 1370. The van der Waals surface area contributed by atoms with Gasteiger partial charge < -0.3 is 15.5 Å². The lowest BCUT2D eigenvalue weighted by Gasteiger charge is -2.24. The Morgan fingerprint density at radius 1 is 1.19 bits per heavy atom. The van der Waals surface area contributed by atoms with Crippen molar-refractivity contribution in [3.63, 3.8) is 0 Å². The van der Waals surface area contributed by atoms with Crippen molar-refractivity contribution in [1.82, 2.24) is 10.3 Å². The molecule has 1 amide bonds. The molecule has 0 spiro atoms. The highest BCUT2D eigenvalue weighted by atomic mass is 35.5. The molecule has 2 heterocycles. The maximum Gasteiger partial charge on any atom is 0.416 e. The average Bonchev–Trinajstić information content (AvgIpc) is 3.46. The highest BCUT2D eigenvalue weighted by molar-refractivity contribution is 7.93. The van der Waals surface area contributed by atoms with Gasteiger partial charge in [-0.15, -0.1) is 11.3 Å². The van der Waals surface area contributed by atoms with Crippen molar-refractivity contribution in [2.75, 3.05) is 28.0 Å². The topological polar surface area (TPSA) is 103 Å². The van der Waals surface area contributed by atoms with Gasteiger partial charge in [-0.25, -0.2) is 13.4 Å². The summed E-state index contributed by atoms with van der Waals surface area (Å²) in [6.45, 7) is 2.16. The van der Waals surface area contributed by atoms with Crippen molar-refractivity contribution < 1.29 is 26.4 Å². The van der Waals surface area contributed by atoms with Crippen LogP contribution in [-0.4, -0.2) is 38.4 Å². The molecule has 0 radical (unpaired) electrons. The number of alkyl halides is 3. The molecule has 3 aromatic rings. The fourth-order valence-electron chi connectivity index (χ4n) is 3.82. The van der Waals surface area contributed by atoms with Crippen molar-refractivity contribution in [3.8, 4) is 0 Å². The van der Waals surface area contributed by atoms with Crippen molar-refractivity contribution in [2.45, 2.75) is 30.5 Å². The number of hydrogen-bond acceptors (Lipinski definition) is 7. The predicted molar refractivity (Wildman–Crippen MR) is 134 cm³/mol. The lowest BCUT2D eigenvalue weighted by atomic mass is 10.1. The summed E-state index contributed by atoms with van der Waals surface area (Å²) in [6, 6.07) is 7.12. The molecule has 1 aliphatic rings. The molecular weight excluding hydrogens is 539 g/mol. The number of aromatic nitrogens is 1. The Hall–Kier alpha value is -3.03. The molecule has 8 nitrogen and oxygen atoms in total. The van der Waals surface area contributed by atoms with Crippen LogP contribution in [0.1, 0.15) is 18.9 Å². The second-order valence-corrected chi connectivity index (χ2v) is 11.1. The van der Waals surface area contributed by atoms with Crippen LogP contribution >= 0.6 is 22.9 Å². The van der Waals surface area contributed by atoms with E-state index in [-0.39, 0.29) is 32.7 Å². The summed E-state index contributed by atoms with van der Waals surface area (Å²) in [4.78, 5) is 16.9. The van der Waals surface area contributed by atoms with Gasteiger partial charge in [0.1, 0.15) is 0 Å². The Kier molecular flexibility index (Phi) is 7.34. The first-order valence-corrected chi connectivity index (χ1v) is 13.4. The van der Waals surface area contributed by atoms with Crippen LogP contribution in [0.3, 0.4) is 0 Å². The normalized spacial score (nSPS) is 16.1.